The van der Waals surface area contributed by atoms with Crippen molar-refractivity contribution >= 4 is 11.8 Å². The highest BCUT2D eigenvalue weighted by Crippen LogP contribution is 2.26. The number of carbonyl (C=O) groups is 2. The summed E-state index contributed by atoms with van der Waals surface area (Å²) in [5.74, 6) is 0.0473. The molecule has 0 aromatic rings. The number of aliphatic hydroxyl groups excluding tert-OH is 4. The van der Waals surface area contributed by atoms with Crippen LogP contribution < -0.4 is 10.6 Å². The summed E-state index contributed by atoms with van der Waals surface area (Å²) >= 11 is 0. The Labute approximate surface area is 434 Å². The lowest BCUT2D eigenvalue weighted by molar-refractivity contribution is -0.137. The quantitative estimate of drug-likeness (QED) is 0.0333. The van der Waals surface area contributed by atoms with E-state index in [2.05, 4.69) is 43.2 Å². The van der Waals surface area contributed by atoms with Gasteiger partial charge in [-0.15, -0.1) is 0 Å². The van der Waals surface area contributed by atoms with Gasteiger partial charge in [0, 0.05) is 13.1 Å². The summed E-state index contributed by atoms with van der Waals surface area (Å²) in [6.07, 6.45) is 48.6. The number of rotatable bonds is 54. The Bertz CT molecular complexity index is 1000. The third-order valence-corrected chi connectivity index (χ3v) is 15.6. The number of nitrogens with zero attached hydrogens (tertiary/aromatic N) is 1. The maximum atomic E-state index is 13.3. The summed E-state index contributed by atoms with van der Waals surface area (Å²) in [7, 11) is 0. The molecular formula is C61H121N3O6. The van der Waals surface area contributed by atoms with Crippen LogP contribution in [-0.4, -0.2) is 93.3 Å². The van der Waals surface area contributed by atoms with Crippen LogP contribution in [0.5, 0.6) is 0 Å². The van der Waals surface area contributed by atoms with Gasteiger partial charge >= 0.3 is 0 Å². The van der Waals surface area contributed by atoms with E-state index in [-0.39, 0.29) is 29.9 Å². The van der Waals surface area contributed by atoms with Crippen molar-refractivity contribution in [3.05, 3.63) is 0 Å². The SMILES string of the molecule is CCCCCCCCCCC(O)CC(CCCCC1NC(=O)C(CCCCN(CC(O)CCCCCCCCCC)CC(O)CCCCCCCCCC)NC1=O)CC(O)CCCCCCCCCC. The monoisotopic (exact) mass is 992 g/mol. The van der Waals surface area contributed by atoms with Crippen LogP contribution in [0, 0.1) is 5.92 Å². The molecule has 1 rings (SSSR count). The normalized spacial score (nSPS) is 17.4. The van der Waals surface area contributed by atoms with Crippen LogP contribution in [0.4, 0.5) is 0 Å². The van der Waals surface area contributed by atoms with Gasteiger partial charge in [0.1, 0.15) is 12.1 Å². The van der Waals surface area contributed by atoms with Gasteiger partial charge in [0.2, 0.25) is 11.8 Å². The van der Waals surface area contributed by atoms with Crippen molar-refractivity contribution < 1.29 is 30.0 Å². The second kappa shape index (κ2) is 48.7. The highest BCUT2D eigenvalue weighted by molar-refractivity contribution is 5.96. The van der Waals surface area contributed by atoms with E-state index in [1.165, 1.54) is 167 Å². The molecule has 0 saturated carbocycles. The molecule has 0 aromatic carbocycles. The number of nitrogens with one attached hydrogen (secondary N) is 2. The molecule has 6 N–H and O–H groups in total. The summed E-state index contributed by atoms with van der Waals surface area (Å²) in [5.41, 5.74) is 0. The van der Waals surface area contributed by atoms with Crippen molar-refractivity contribution in [1.82, 2.24) is 15.5 Å². The maximum Gasteiger partial charge on any atom is 0.243 e. The molecule has 0 aliphatic carbocycles. The Hall–Kier alpha value is -1.26. The van der Waals surface area contributed by atoms with Crippen molar-refractivity contribution in [3.63, 3.8) is 0 Å². The van der Waals surface area contributed by atoms with E-state index in [9.17, 15) is 30.0 Å². The summed E-state index contributed by atoms with van der Waals surface area (Å²) in [6, 6.07) is -1.06. The fourth-order valence-corrected chi connectivity index (χ4v) is 11.0. The maximum absolute atomic E-state index is 13.3. The highest BCUT2D eigenvalue weighted by atomic mass is 16.3. The summed E-state index contributed by atoms with van der Waals surface area (Å²) < 4.78 is 0. The molecular weight excluding hydrogens is 871 g/mol. The van der Waals surface area contributed by atoms with Gasteiger partial charge in [-0.05, 0) is 76.7 Å². The Kier molecular flexibility index (Phi) is 46.4. The predicted molar refractivity (Wildman–Crippen MR) is 298 cm³/mol. The molecule has 9 nitrogen and oxygen atoms in total. The second-order valence-electron chi connectivity index (χ2n) is 22.7. The predicted octanol–water partition coefficient (Wildman–Crippen LogP) is 15.0. The molecule has 6 atom stereocenters. The van der Waals surface area contributed by atoms with Crippen molar-refractivity contribution in [3.8, 4) is 0 Å². The summed E-state index contributed by atoms with van der Waals surface area (Å²) in [5, 5.41) is 50.4. The molecule has 2 amide bonds. The average Bonchev–Trinajstić information content (AvgIpc) is 3.33. The molecule has 1 heterocycles. The minimum Gasteiger partial charge on any atom is -0.393 e. The summed E-state index contributed by atoms with van der Waals surface area (Å²) in [4.78, 5) is 28.8. The van der Waals surface area contributed by atoms with Crippen LogP contribution in [-0.2, 0) is 9.59 Å². The highest BCUT2D eigenvalue weighted by Gasteiger charge is 2.33. The molecule has 0 radical (unpaired) electrons. The first-order chi connectivity index (χ1) is 34.1. The Morgan fingerprint density at radius 3 is 0.957 bits per heavy atom. The lowest BCUT2D eigenvalue weighted by Crippen LogP contribution is -2.61. The molecule has 0 aromatic heterocycles. The van der Waals surface area contributed by atoms with E-state index in [4.69, 9.17) is 0 Å². The largest absolute Gasteiger partial charge is 0.393 e. The van der Waals surface area contributed by atoms with E-state index < -0.39 is 24.3 Å². The van der Waals surface area contributed by atoms with Crippen LogP contribution in [0.25, 0.3) is 0 Å². The molecule has 6 unspecified atom stereocenters. The van der Waals surface area contributed by atoms with Crippen molar-refractivity contribution in [2.24, 2.45) is 5.92 Å². The molecule has 1 fully saturated rings. The van der Waals surface area contributed by atoms with Gasteiger partial charge < -0.3 is 31.1 Å². The van der Waals surface area contributed by atoms with Gasteiger partial charge in [0.05, 0.1) is 24.4 Å². The van der Waals surface area contributed by atoms with E-state index in [1.807, 2.05) is 0 Å². The van der Waals surface area contributed by atoms with Crippen LogP contribution in [0.15, 0.2) is 0 Å². The molecule has 70 heavy (non-hydrogen) atoms. The van der Waals surface area contributed by atoms with Crippen molar-refractivity contribution in [2.75, 3.05) is 19.6 Å². The number of piperazine rings is 1. The van der Waals surface area contributed by atoms with E-state index >= 15 is 0 Å². The van der Waals surface area contributed by atoms with Crippen molar-refractivity contribution in [2.45, 2.75) is 353 Å². The van der Waals surface area contributed by atoms with Gasteiger partial charge in [-0.2, -0.15) is 0 Å². The molecule has 0 spiro atoms. The van der Waals surface area contributed by atoms with Gasteiger partial charge in [-0.3, -0.25) is 14.5 Å². The molecule has 1 saturated heterocycles. The standard InChI is InChI=1S/C61H121N3O6/c1-5-9-13-17-21-25-29-33-42-54(65)49-53(50-55(66)43-34-30-26-22-18-14-10-6-2)41-37-38-46-58-60(69)63-59(61(70)62-58)47-39-40-48-64(51-56(67)44-35-31-27-23-19-15-11-7-3)52-57(68)45-36-32-28-24-20-16-12-8-4/h53-59,65-68H,5-52H2,1-4H3,(H,62,70)(H,63,69). The van der Waals surface area contributed by atoms with E-state index in [0.29, 0.717) is 25.9 Å². The topological polar surface area (TPSA) is 142 Å². The minimum absolute atomic E-state index is 0.0995. The first-order valence-corrected chi connectivity index (χ1v) is 31.2. The average molecular weight is 993 g/mol. The fraction of sp³-hybridized carbons (Fsp3) is 0.967. The number of hydrogen-bond acceptors (Lipinski definition) is 7. The Balaban J connectivity index is 2.60. The lowest BCUT2D eigenvalue weighted by Gasteiger charge is -2.30. The first-order valence-electron chi connectivity index (χ1n) is 31.2. The Morgan fingerprint density at radius 1 is 0.357 bits per heavy atom. The summed E-state index contributed by atoms with van der Waals surface area (Å²) in [6.45, 7) is 10.9. The number of unbranched alkanes of at least 4 members (excludes halogenated alkanes) is 30. The van der Waals surface area contributed by atoms with Crippen LogP contribution in [0.2, 0.25) is 0 Å². The van der Waals surface area contributed by atoms with Crippen LogP contribution in [0.3, 0.4) is 0 Å². The smallest absolute Gasteiger partial charge is 0.243 e. The molecule has 9 heteroatoms. The number of carbonyl (C=O) groups excluding carboxylic acids is 2. The zero-order chi connectivity index (χ0) is 51.1. The third-order valence-electron chi connectivity index (χ3n) is 15.6. The Morgan fingerprint density at radius 2 is 0.629 bits per heavy atom. The van der Waals surface area contributed by atoms with Crippen LogP contribution in [0.1, 0.15) is 317 Å². The van der Waals surface area contributed by atoms with Gasteiger partial charge in [0.25, 0.3) is 0 Å². The third kappa shape index (κ3) is 40.2. The molecule has 0 bridgehead atoms. The van der Waals surface area contributed by atoms with E-state index in [0.717, 1.165) is 116 Å². The fourth-order valence-electron chi connectivity index (χ4n) is 11.0. The van der Waals surface area contributed by atoms with Crippen molar-refractivity contribution in [1.29, 1.82) is 0 Å². The zero-order valence-electron chi connectivity index (χ0n) is 47.0. The van der Waals surface area contributed by atoms with Gasteiger partial charge in [-0.25, -0.2) is 0 Å². The second-order valence-corrected chi connectivity index (χ2v) is 22.7. The molecule has 1 aliphatic rings. The van der Waals surface area contributed by atoms with Gasteiger partial charge in [-0.1, -0.05) is 252 Å². The first kappa shape index (κ1) is 66.8. The van der Waals surface area contributed by atoms with Gasteiger partial charge in [0.15, 0.2) is 0 Å². The minimum atomic E-state index is -0.535. The number of hydrogen-bond donors (Lipinski definition) is 6. The number of aliphatic hydroxyl groups is 4. The van der Waals surface area contributed by atoms with E-state index in [1.54, 1.807) is 0 Å². The molecule has 416 valence electrons. The lowest BCUT2D eigenvalue weighted by atomic mass is 9.87. The number of amides is 2. The zero-order valence-corrected chi connectivity index (χ0v) is 47.0. The van der Waals surface area contributed by atoms with Crippen LogP contribution >= 0.6 is 0 Å². The molecule has 1 aliphatic heterocycles.